The molecule has 3 heteroatoms. The molecule has 2 nitrogen and oxygen atoms in total. The van der Waals surface area contributed by atoms with Crippen molar-refractivity contribution in [1.29, 1.82) is 0 Å². The summed E-state index contributed by atoms with van der Waals surface area (Å²) in [4.78, 5) is 0. The molecule has 1 aromatic rings. The summed E-state index contributed by atoms with van der Waals surface area (Å²) in [7, 11) is 0. The van der Waals surface area contributed by atoms with Gasteiger partial charge < -0.3 is 9.52 Å². The second-order valence-electron chi connectivity index (χ2n) is 2.75. The average Bonchev–Trinajstić information content (AvgIpc) is 2.47. The third-order valence-electron chi connectivity index (χ3n) is 1.68. The van der Waals surface area contributed by atoms with E-state index in [1.54, 1.807) is 11.8 Å². The highest BCUT2D eigenvalue weighted by atomic mass is 32.2. The van der Waals surface area contributed by atoms with Gasteiger partial charge in [-0.3, -0.25) is 0 Å². The van der Waals surface area contributed by atoms with Gasteiger partial charge in [0.2, 0.25) is 0 Å². The van der Waals surface area contributed by atoms with Crippen LogP contribution in [0.2, 0.25) is 0 Å². The summed E-state index contributed by atoms with van der Waals surface area (Å²) in [5, 5.41) is 9.56. The summed E-state index contributed by atoms with van der Waals surface area (Å²) in [5.74, 6) is 2.50. The molecule has 0 aliphatic heterocycles. The molecule has 0 spiro atoms. The molecule has 0 aliphatic rings. The van der Waals surface area contributed by atoms with E-state index >= 15 is 0 Å². The molecule has 1 heterocycles. The maximum Gasteiger partial charge on any atom is 0.132 e. The molecule has 1 rings (SSSR count). The van der Waals surface area contributed by atoms with Crippen LogP contribution >= 0.6 is 11.8 Å². The Bertz CT molecular complexity index is 232. The topological polar surface area (TPSA) is 33.4 Å². The van der Waals surface area contributed by atoms with Crippen molar-refractivity contribution in [3.63, 3.8) is 0 Å². The van der Waals surface area contributed by atoms with Gasteiger partial charge in [-0.1, -0.05) is 0 Å². The number of hydrogen-bond donors (Lipinski definition) is 1. The zero-order chi connectivity index (χ0) is 8.97. The normalized spacial score (nSPS) is 13.2. The maximum atomic E-state index is 9.56. The van der Waals surface area contributed by atoms with E-state index < -0.39 is 6.10 Å². The van der Waals surface area contributed by atoms with Crippen molar-refractivity contribution in [2.24, 2.45) is 0 Å². The van der Waals surface area contributed by atoms with E-state index in [4.69, 9.17) is 4.42 Å². The fourth-order valence-corrected chi connectivity index (χ4v) is 1.46. The zero-order valence-corrected chi connectivity index (χ0v) is 8.23. The Morgan fingerprint density at radius 1 is 1.58 bits per heavy atom. The zero-order valence-electron chi connectivity index (χ0n) is 7.41. The number of aliphatic hydroxyl groups excluding tert-OH is 1. The highest BCUT2D eigenvalue weighted by Crippen LogP contribution is 2.20. The number of hydrogen-bond acceptors (Lipinski definition) is 3. The number of aryl methyl sites for hydroxylation is 1. The van der Waals surface area contributed by atoms with Crippen LogP contribution in [-0.4, -0.2) is 17.1 Å². The van der Waals surface area contributed by atoms with Crippen LogP contribution in [-0.2, 0) is 0 Å². The van der Waals surface area contributed by atoms with Gasteiger partial charge in [0.25, 0.3) is 0 Å². The highest BCUT2D eigenvalue weighted by Gasteiger charge is 2.09. The Balaban J connectivity index is 2.47. The summed E-state index contributed by atoms with van der Waals surface area (Å²) < 4.78 is 5.28. The van der Waals surface area contributed by atoms with Gasteiger partial charge >= 0.3 is 0 Å². The summed E-state index contributed by atoms with van der Waals surface area (Å²) in [6.45, 7) is 1.88. The Labute approximate surface area is 77.0 Å². The van der Waals surface area contributed by atoms with Crippen LogP contribution in [0, 0.1) is 6.92 Å². The second-order valence-corrected chi connectivity index (χ2v) is 3.73. The van der Waals surface area contributed by atoms with E-state index in [0.29, 0.717) is 5.76 Å². The molecule has 0 saturated carbocycles. The number of thioether (sulfide) groups is 1. The second kappa shape index (κ2) is 4.58. The Hall–Kier alpha value is -0.410. The Kier molecular flexibility index (Phi) is 3.69. The SMILES string of the molecule is CSCCC(O)c1ccc(C)o1. The van der Waals surface area contributed by atoms with Gasteiger partial charge in [0.05, 0.1) is 0 Å². The van der Waals surface area contributed by atoms with Gasteiger partial charge in [-0.15, -0.1) is 0 Å². The lowest BCUT2D eigenvalue weighted by Gasteiger charge is -2.05. The van der Waals surface area contributed by atoms with Gasteiger partial charge in [-0.2, -0.15) is 11.8 Å². The summed E-state index contributed by atoms with van der Waals surface area (Å²) in [6.07, 6.45) is 2.35. The molecule has 0 bridgehead atoms. The van der Waals surface area contributed by atoms with Crippen LogP contribution in [0.3, 0.4) is 0 Å². The molecular weight excluding hydrogens is 172 g/mol. The van der Waals surface area contributed by atoms with E-state index in [2.05, 4.69) is 0 Å². The van der Waals surface area contributed by atoms with Gasteiger partial charge in [0.15, 0.2) is 0 Å². The molecule has 0 aromatic carbocycles. The fourth-order valence-electron chi connectivity index (χ4n) is 1.00. The van der Waals surface area contributed by atoms with E-state index in [9.17, 15) is 5.11 Å². The van der Waals surface area contributed by atoms with Crippen LogP contribution in [0.25, 0.3) is 0 Å². The first-order valence-electron chi connectivity index (χ1n) is 3.97. The highest BCUT2D eigenvalue weighted by molar-refractivity contribution is 7.98. The quantitative estimate of drug-likeness (QED) is 0.783. The first-order valence-corrected chi connectivity index (χ1v) is 5.36. The summed E-state index contributed by atoms with van der Waals surface area (Å²) >= 11 is 1.73. The molecule has 12 heavy (non-hydrogen) atoms. The predicted octanol–water partition coefficient (Wildman–Crippen LogP) is 2.37. The first kappa shape index (κ1) is 9.68. The standard InChI is InChI=1S/C9H14O2S/c1-7-3-4-9(11-7)8(10)5-6-12-2/h3-4,8,10H,5-6H2,1-2H3. The molecule has 1 N–H and O–H groups in total. The Morgan fingerprint density at radius 3 is 2.83 bits per heavy atom. The van der Waals surface area contributed by atoms with E-state index in [1.807, 2.05) is 25.3 Å². The number of rotatable bonds is 4. The van der Waals surface area contributed by atoms with E-state index in [0.717, 1.165) is 17.9 Å². The van der Waals surface area contributed by atoms with Gasteiger partial charge in [-0.25, -0.2) is 0 Å². The monoisotopic (exact) mass is 186 g/mol. The molecule has 0 fully saturated rings. The van der Waals surface area contributed by atoms with E-state index in [-0.39, 0.29) is 0 Å². The molecule has 1 unspecified atom stereocenters. The molecule has 1 aromatic heterocycles. The van der Waals surface area contributed by atoms with Crippen molar-refractivity contribution >= 4 is 11.8 Å². The van der Waals surface area contributed by atoms with Crippen LogP contribution in [0.5, 0.6) is 0 Å². The fraction of sp³-hybridized carbons (Fsp3) is 0.556. The minimum absolute atomic E-state index is 0.439. The largest absolute Gasteiger partial charge is 0.464 e. The van der Waals surface area contributed by atoms with Crippen molar-refractivity contribution < 1.29 is 9.52 Å². The number of aliphatic hydroxyl groups is 1. The van der Waals surface area contributed by atoms with Crippen LogP contribution in [0.1, 0.15) is 24.0 Å². The number of furan rings is 1. The first-order chi connectivity index (χ1) is 5.74. The minimum atomic E-state index is -0.439. The molecule has 0 radical (unpaired) electrons. The molecule has 0 aliphatic carbocycles. The van der Waals surface area contributed by atoms with Gasteiger partial charge in [0.1, 0.15) is 17.6 Å². The smallest absolute Gasteiger partial charge is 0.132 e. The van der Waals surface area contributed by atoms with Crippen molar-refractivity contribution in [1.82, 2.24) is 0 Å². The third-order valence-corrected chi connectivity index (χ3v) is 2.33. The van der Waals surface area contributed by atoms with Gasteiger partial charge in [0, 0.05) is 0 Å². The predicted molar refractivity (Wildman–Crippen MR) is 51.4 cm³/mol. The van der Waals surface area contributed by atoms with Crippen LogP contribution < -0.4 is 0 Å². The lowest BCUT2D eigenvalue weighted by molar-refractivity contribution is 0.146. The van der Waals surface area contributed by atoms with Gasteiger partial charge in [-0.05, 0) is 37.5 Å². The molecule has 1 atom stereocenters. The molecule has 68 valence electrons. The molecule has 0 saturated heterocycles. The van der Waals surface area contributed by atoms with Crippen molar-refractivity contribution in [3.05, 3.63) is 23.7 Å². The van der Waals surface area contributed by atoms with Crippen LogP contribution in [0.4, 0.5) is 0 Å². The lowest BCUT2D eigenvalue weighted by Crippen LogP contribution is -1.96. The lowest BCUT2D eigenvalue weighted by atomic mass is 10.2. The Morgan fingerprint density at radius 2 is 2.33 bits per heavy atom. The van der Waals surface area contributed by atoms with Crippen molar-refractivity contribution in [2.75, 3.05) is 12.0 Å². The van der Waals surface area contributed by atoms with Crippen molar-refractivity contribution in [2.45, 2.75) is 19.4 Å². The third kappa shape index (κ3) is 2.57. The average molecular weight is 186 g/mol. The summed E-state index contributed by atoms with van der Waals surface area (Å²) in [5.41, 5.74) is 0. The van der Waals surface area contributed by atoms with Crippen LogP contribution in [0.15, 0.2) is 16.5 Å². The maximum absolute atomic E-state index is 9.56. The molecular formula is C9H14O2S. The summed E-state index contributed by atoms with van der Waals surface area (Å²) in [6, 6.07) is 3.71. The molecule has 0 amide bonds. The van der Waals surface area contributed by atoms with E-state index in [1.165, 1.54) is 0 Å². The van der Waals surface area contributed by atoms with Crippen molar-refractivity contribution in [3.8, 4) is 0 Å². The minimum Gasteiger partial charge on any atom is -0.464 e.